The van der Waals surface area contributed by atoms with Crippen molar-refractivity contribution in [1.29, 1.82) is 5.26 Å². The van der Waals surface area contributed by atoms with Crippen molar-refractivity contribution < 1.29 is 9.72 Å². The van der Waals surface area contributed by atoms with Gasteiger partial charge in [0.2, 0.25) is 0 Å². The smallest absolute Gasteiger partial charge is 0.273 e. The molecule has 0 saturated carbocycles. The van der Waals surface area contributed by atoms with E-state index in [-0.39, 0.29) is 16.9 Å². The SMILES string of the molecule is CCn1nccc1C(=O)Nc1ccc([N+](=O)[O-])cc1C#N. The van der Waals surface area contributed by atoms with Gasteiger partial charge in [0, 0.05) is 24.9 Å². The summed E-state index contributed by atoms with van der Waals surface area (Å²) in [6.45, 7) is 2.37. The van der Waals surface area contributed by atoms with E-state index in [1.54, 1.807) is 6.07 Å². The molecule has 0 spiro atoms. The number of nitriles is 1. The summed E-state index contributed by atoms with van der Waals surface area (Å²) in [6, 6.07) is 7.06. The second-order valence-corrected chi connectivity index (χ2v) is 4.09. The Morgan fingerprint density at radius 2 is 2.29 bits per heavy atom. The molecular formula is C13H11N5O3. The molecular weight excluding hydrogens is 274 g/mol. The van der Waals surface area contributed by atoms with Gasteiger partial charge in [-0.2, -0.15) is 10.4 Å². The normalized spacial score (nSPS) is 9.90. The summed E-state index contributed by atoms with van der Waals surface area (Å²) >= 11 is 0. The van der Waals surface area contributed by atoms with Crippen LogP contribution in [0.5, 0.6) is 0 Å². The first-order valence-electron chi connectivity index (χ1n) is 6.08. The van der Waals surface area contributed by atoms with Crippen LogP contribution in [0.4, 0.5) is 11.4 Å². The molecule has 21 heavy (non-hydrogen) atoms. The summed E-state index contributed by atoms with van der Waals surface area (Å²) in [5.74, 6) is -0.431. The van der Waals surface area contributed by atoms with Crippen LogP contribution in [-0.4, -0.2) is 20.6 Å². The predicted molar refractivity (Wildman–Crippen MR) is 73.7 cm³/mol. The van der Waals surface area contributed by atoms with Crippen LogP contribution in [0.15, 0.2) is 30.5 Å². The number of rotatable bonds is 4. The Labute approximate surface area is 119 Å². The van der Waals surface area contributed by atoms with E-state index in [2.05, 4.69) is 10.4 Å². The van der Waals surface area contributed by atoms with Crippen molar-refractivity contribution in [2.75, 3.05) is 5.32 Å². The van der Waals surface area contributed by atoms with Gasteiger partial charge in [-0.05, 0) is 19.1 Å². The van der Waals surface area contributed by atoms with Crippen LogP contribution >= 0.6 is 0 Å². The van der Waals surface area contributed by atoms with E-state index in [4.69, 9.17) is 5.26 Å². The molecule has 0 fully saturated rings. The maximum atomic E-state index is 12.1. The Kier molecular flexibility index (Phi) is 3.95. The molecule has 0 aliphatic heterocycles. The van der Waals surface area contributed by atoms with Crippen molar-refractivity contribution in [3.63, 3.8) is 0 Å². The molecule has 0 atom stereocenters. The molecule has 1 amide bonds. The maximum Gasteiger partial charge on any atom is 0.273 e. The van der Waals surface area contributed by atoms with Crippen molar-refractivity contribution in [3.05, 3.63) is 51.8 Å². The fraction of sp³-hybridized carbons (Fsp3) is 0.154. The lowest BCUT2D eigenvalue weighted by molar-refractivity contribution is -0.384. The Balaban J connectivity index is 2.30. The predicted octanol–water partition coefficient (Wildman–Crippen LogP) is 1.94. The van der Waals surface area contributed by atoms with Crippen LogP contribution in [0.3, 0.4) is 0 Å². The molecule has 0 aliphatic rings. The molecule has 0 radical (unpaired) electrons. The first-order chi connectivity index (χ1) is 10.1. The van der Waals surface area contributed by atoms with E-state index in [0.29, 0.717) is 12.2 Å². The Hall–Kier alpha value is -3.21. The number of anilines is 1. The Morgan fingerprint density at radius 1 is 1.52 bits per heavy atom. The highest BCUT2D eigenvalue weighted by Crippen LogP contribution is 2.22. The Morgan fingerprint density at radius 3 is 2.90 bits per heavy atom. The number of carbonyl (C=O) groups excluding carboxylic acids is 1. The monoisotopic (exact) mass is 285 g/mol. The van der Waals surface area contributed by atoms with Crippen LogP contribution in [0.2, 0.25) is 0 Å². The van der Waals surface area contributed by atoms with Crippen molar-refractivity contribution >= 4 is 17.3 Å². The third kappa shape index (κ3) is 2.87. The molecule has 106 valence electrons. The van der Waals surface area contributed by atoms with Gasteiger partial charge in [0.25, 0.3) is 11.6 Å². The number of hydrogen-bond donors (Lipinski definition) is 1. The second kappa shape index (κ2) is 5.83. The summed E-state index contributed by atoms with van der Waals surface area (Å²) in [6.07, 6.45) is 1.50. The summed E-state index contributed by atoms with van der Waals surface area (Å²) < 4.78 is 1.51. The Bertz CT molecular complexity index is 745. The van der Waals surface area contributed by atoms with Crippen molar-refractivity contribution in [1.82, 2.24) is 9.78 Å². The zero-order chi connectivity index (χ0) is 15.4. The van der Waals surface area contributed by atoms with Crippen LogP contribution in [-0.2, 0) is 6.54 Å². The third-order valence-corrected chi connectivity index (χ3v) is 2.83. The second-order valence-electron chi connectivity index (χ2n) is 4.09. The number of nitrogens with one attached hydrogen (secondary N) is 1. The van der Waals surface area contributed by atoms with Crippen LogP contribution < -0.4 is 5.32 Å². The van der Waals surface area contributed by atoms with E-state index in [0.717, 1.165) is 6.07 Å². The minimum atomic E-state index is -0.599. The number of nitro groups is 1. The highest BCUT2D eigenvalue weighted by Gasteiger charge is 2.15. The number of carbonyl (C=O) groups is 1. The molecule has 1 heterocycles. The summed E-state index contributed by atoms with van der Waals surface area (Å²) in [5, 5.41) is 26.2. The van der Waals surface area contributed by atoms with Gasteiger partial charge in [0.1, 0.15) is 11.8 Å². The lowest BCUT2D eigenvalue weighted by Crippen LogP contribution is -2.18. The van der Waals surface area contributed by atoms with Gasteiger partial charge in [0.15, 0.2) is 0 Å². The van der Waals surface area contributed by atoms with Crippen LogP contribution in [0.25, 0.3) is 0 Å². The molecule has 8 nitrogen and oxygen atoms in total. The largest absolute Gasteiger partial charge is 0.319 e. The molecule has 0 saturated heterocycles. The fourth-order valence-corrected chi connectivity index (χ4v) is 1.81. The van der Waals surface area contributed by atoms with Crippen molar-refractivity contribution in [2.24, 2.45) is 0 Å². The first-order valence-corrected chi connectivity index (χ1v) is 6.08. The zero-order valence-corrected chi connectivity index (χ0v) is 11.1. The molecule has 1 aromatic heterocycles. The number of hydrogen-bond acceptors (Lipinski definition) is 5. The molecule has 2 rings (SSSR count). The molecule has 1 aromatic carbocycles. The van der Waals surface area contributed by atoms with Gasteiger partial charge in [-0.3, -0.25) is 19.6 Å². The van der Waals surface area contributed by atoms with E-state index < -0.39 is 10.8 Å². The lowest BCUT2D eigenvalue weighted by atomic mass is 10.1. The van der Waals surface area contributed by atoms with Gasteiger partial charge in [0.05, 0.1) is 16.2 Å². The first kappa shape index (κ1) is 14.2. The molecule has 2 aromatic rings. The van der Waals surface area contributed by atoms with Crippen molar-refractivity contribution in [2.45, 2.75) is 13.5 Å². The number of nitro benzene ring substituents is 1. The molecule has 1 N–H and O–H groups in total. The minimum absolute atomic E-state index is 0.0279. The van der Waals surface area contributed by atoms with Gasteiger partial charge in [-0.25, -0.2) is 0 Å². The number of aromatic nitrogens is 2. The molecule has 0 bridgehead atoms. The maximum absolute atomic E-state index is 12.1. The zero-order valence-electron chi connectivity index (χ0n) is 11.1. The highest BCUT2D eigenvalue weighted by atomic mass is 16.6. The van der Waals surface area contributed by atoms with Crippen molar-refractivity contribution in [3.8, 4) is 6.07 Å². The topological polar surface area (TPSA) is 114 Å². The third-order valence-electron chi connectivity index (χ3n) is 2.83. The van der Waals surface area contributed by atoms with E-state index in [9.17, 15) is 14.9 Å². The number of non-ortho nitro benzene ring substituents is 1. The van der Waals surface area contributed by atoms with E-state index >= 15 is 0 Å². The highest BCUT2D eigenvalue weighted by molar-refractivity contribution is 6.03. The van der Waals surface area contributed by atoms with Gasteiger partial charge in [-0.15, -0.1) is 0 Å². The average Bonchev–Trinajstić information content (AvgIpc) is 2.95. The number of benzene rings is 1. The summed E-state index contributed by atoms with van der Waals surface area (Å²) in [5.41, 5.74) is 0.389. The van der Waals surface area contributed by atoms with Gasteiger partial charge < -0.3 is 5.32 Å². The standard InChI is InChI=1S/C13H11N5O3/c1-2-17-12(5-6-15-17)13(19)16-11-4-3-10(18(20)21)7-9(11)8-14/h3-7H,2H2,1H3,(H,16,19). The van der Waals surface area contributed by atoms with E-state index in [1.165, 1.54) is 23.0 Å². The molecule has 0 unspecified atom stereocenters. The number of nitrogens with zero attached hydrogens (tertiary/aromatic N) is 4. The molecule has 8 heteroatoms. The number of aryl methyl sites for hydroxylation is 1. The lowest BCUT2D eigenvalue weighted by Gasteiger charge is -2.08. The summed E-state index contributed by atoms with van der Waals surface area (Å²) in [4.78, 5) is 22.2. The molecule has 0 aliphatic carbocycles. The van der Waals surface area contributed by atoms with Crippen LogP contribution in [0.1, 0.15) is 23.0 Å². The number of amides is 1. The van der Waals surface area contributed by atoms with Gasteiger partial charge >= 0.3 is 0 Å². The van der Waals surface area contributed by atoms with Gasteiger partial charge in [-0.1, -0.05) is 0 Å². The van der Waals surface area contributed by atoms with E-state index in [1.807, 2.05) is 13.0 Å². The summed E-state index contributed by atoms with van der Waals surface area (Å²) in [7, 11) is 0. The minimum Gasteiger partial charge on any atom is -0.319 e. The average molecular weight is 285 g/mol. The van der Waals surface area contributed by atoms with Crippen LogP contribution in [0, 0.1) is 21.4 Å². The quantitative estimate of drug-likeness (QED) is 0.681. The fourth-order valence-electron chi connectivity index (χ4n) is 1.81.